The van der Waals surface area contributed by atoms with Gasteiger partial charge in [0.2, 0.25) is 0 Å². The molecule has 2 rings (SSSR count). The quantitative estimate of drug-likeness (QED) is 0.539. The second-order valence-electron chi connectivity index (χ2n) is 2.41. The van der Waals surface area contributed by atoms with Gasteiger partial charge in [-0.1, -0.05) is 5.92 Å². The van der Waals surface area contributed by atoms with Gasteiger partial charge in [-0.2, -0.15) is 0 Å². The Kier molecular flexibility index (Phi) is 1.49. The van der Waals surface area contributed by atoms with Crippen LogP contribution >= 0.6 is 0 Å². The van der Waals surface area contributed by atoms with E-state index in [0.717, 1.165) is 10.9 Å². The van der Waals surface area contributed by atoms with Crippen LogP contribution in [0.3, 0.4) is 0 Å². The highest BCUT2D eigenvalue weighted by atomic mass is 14.7. The van der Waals surface area contributed by atoms with Crippen LogP contribution in [-0.2, 0) is 0 Å². The van der Waals surface area contributed by atoms with Crippen molar-refractivity contribution in [2.45, 2.75) is 0 Å². The summed E-state index contributed by atoms with van der Waals surface area (Å²) in [4.78, 5) is 8.15. The molecule has 0 aliphatic heterocycles. The minimum Gasteiger partial charge on any atom is -0.262 e. The first-order chi connectivity index (χ1) is 5.90. The van der Waals surface area contributed by atoms with Crippen LogP contribution in [0.15, 0.2) is 30.6 Å². The first-order valence-corrected chi connectivity index (χ1v) is 3.57. The van der Waals surface area contributed by atoms with Crippen LogP contribution in [0.5, 0.6) is 0 Å². The van der Waals surface area contributed by atoms with Gasteiger partial charge in [0, 0.05) is 11.6 Å². The van der Waals surface area contributed by atoms with E-state index >= 15 is 0 Å². The first-order valence-electron chi connectivity index (χ1n) is 3.57. The lowest BCUT2D eigenvalue weighted by molar-refractivity contribution is 1.29. The molecular weight excluding hydrogens is 148 g/mol. The number of terminal acetylenes is 1. The molecule has 0 N–H and O–H groups in total. The molecule has 2 aromatic rings. The lowest BCUT2D eigenvalue weighted by Gasteiger charge is -1.94. The SMILES string of the molecule is C#Cc1ccc2ccncc2n1. The third-order valence-corrected chi connectivity index (χ3v) is 1.64. The summed E-state index contributed by atoms with van der Waals surface area (Å²) in [5.74, 6) is 2.48. The Morgan fingerprint density at radius 2 is 2.17 bits per heavy atom. The zero-order valence-electron chi connectivity index (χ0n) is 6.36. The van der Waals surface area contributed by atoms with E-state index in [2.05, 4.69) is 15.9 Å². The van der Waals surface area contributed by atoms with Crippen molar-refractivity contribution >= 4 is 10.9 Å². The maximum absolute atomic E-state index is 5.21. The summed E-state index contributed by atoms with van der Waals surface area (Å²) in [5, 5.41) is 1.06. The lowest BCUT2D eigenvalue weighted by Crippen LogP contribution is -1.84. The molecule has 0 radical (unpaired) electrons. The highest BCUT2D eigenvalue weighted by Gasteiger charge is 1.93. The molecule has 0 aliphatic carbocycles. The largest absolute Gasteiger partial charge is 0.262 e. The summed E-state index contributed by atoms with van der Waals surface area (Å²) in [7, 11) is 0. The van der Waals surface area contributed by atoms with Crippen molar-refractivity contribution in [1.29, 1.82) is 0 Å². The molecule has 0 fully saturated rings. The zero-order chi connectivity index (χ0) is 8.39. The molecule has 0 atom stereocenters. The fraction of sp³-hybridized carbons (Fsp3) is 0. The van der Waals surface area contributed by atoms with Gasteiger partial charge in [-0.15, -0.1) is 6.42 Å². The molecule has 0 aromatic carbocycles. The fourth-order valence-corrected chi connectivity index (χ4v) is 1.05. The van der Waals surface area contributed by atoms with Crippen molar-refractivity contribution in [2.24, 2.45) is 0 Å². The Morgan fingerprint density at radius 1 is 1.25 bits per heavy atom. The van der Waals surface area contributed by atoms with Crippen LogP contribution in [0, 0.1) is 12.3 Å². The van der Waals surface area contributed by atoms with Gasteiger partial charge in [0.1, 0.15) is 5.69 Å². The van der Waals surface area contributed by atoms with Crippen LogP contribution in [0.25, 0.3) is 10.9 Å². The van der Waals surface area contributed by atoms with Crippen molar-refractivity contribution in [3.05, 3.63) is 36.3 Å². The molecular formula is C10H6N2. The lowest BCUT2D eigenvalue weighted by atomic mass is 10.2. The van der Waals surface area contributed by atoms with E-state index < -0.39 is 0 Å². The smallest absolute Gasteiger partial charge is 0.113 e. The van der Waals surface area contributed by atoms with Gasteiger partial charge < -0.3 is 0 Å². The van der Waals surface area contributed by atoms with E-state index in [0.29, 0.717) is 5.69 Å². The maximum atomic E-state index is 5.21. The Morgan fingerprint density at radius 3 is 3.00 bits per heavy atom. The molecule has 0 saturated carbocycles. The Labute approximate surface area is 70.3 Å². The molecule has 56 valence electrons. The van der Waals surface area contributed by atoms with Gasteiger partial charge in [0.25, 0.3) is 0 Å². The number of hydrogen-bond acceptors (Lipinski definition) is 2. The van der Waals surface area contributed by atoms with Crippen molar-refractivity contribution in [3.8, 4) is 12.3 Å². The van der Waals surface area contributed by atoms with Crippen LogP contribution in [0.2, 0.25) is 0 Å². The molecule has 12 heavy (non-hydrogen) atoms. The molecule has 0 unspecified atom stereocenters. The van der Waals surface area contributed by atoms with Gasteiger partial charge in [-0.3, -0.25) is 4.98 Å². The van der Waals surface area contributed by atoms with E-state index in [1.54, 1.807) is 12.4 Å². The Bertz CT molecular complexity index is 455. The van der Waals surface area contributed by atoms with Gasteiger partial charge >= 0.3 is 0 Å². The molecule has 0 saturated heterocycles. The predicted octanol–water partition coefficient (Wildman–Crippen LogP) is 1.61. The Balaban J connectivity index is 2.78. The fourth-order valence-electron chi connectivity index (χ4n) is 1.05. The number of nitrogens with zero attached hydrogens (tertiary/aromatic N) is 2. The van der Waals surface area contributed by atoms with E-state index in [-0.39, 0.29) is 0 Å². The van der Waals surface area contributed by atoms with Crippen LogP contribution in [0.1, 0.15) is 5.69 Å². The second-order valence-corrected chi connectivity index (χ2v) is 2.41. The molecule has 2 heterocycles. The molecule has 0 aliphatic rings. The molecule has 0 amide bonds. The van der Waals surface area contributed by atoms with Gasteiger partial charge in [0.15, 0.2) is 0 Å². The number of fused-ring (bicyclic) bond motifs is 1. The van der Waals surface area contributed by atoms with Gasteiger partial charge in [-0.25, -0.2) is 4.98 Å². The summed E-state index contributed by atoms with van der Waals surface area (Å²) in [6.45, 7) is 0. The predicted molar refractivity (Wildman–Crippen MR) is 47.5 cm³/mol. The number of hydrogen-bond donors (Lipinski definition) is 0. The summed E-state index contributed by atoms with van der Waals surface area (Å²) in [6.07, 6.45) is 8.65. The molecule has 0 spiro atoms. The topological polar surface area (TPSA) is 25.8 Å². The molecule has 2 heteroatoms. The van der Waals surface area contributed by atoms with Crippen molar-refractivity contribution in [3.63, 3.8) is 0 Å². The molecule has 2 nitrogen and oxygen atoms in total. The minimum atomic E-state index is 0.649. The van der Waals surface area contributed by atoms with E-state index in [1.165, 1.54) is 0 Å². The highest BCUT2D eigenvalue weighted by molar-refractivity contribution is 5.77. The van der Waals surface area contributed by atoms with Crippen LogP contribution in [0.4, 0.5) is 0 Å². The van der Waals surface area contributed by atoms with Crippen LogP contribution in [-0.4, -0.2) is 9.97 Å². The average Bonchev–Trinajstić information content (AvgIpc) is 2.17. The number of aromatic nitrogens is 2. The van der Waals surface area contributed by atoms with Crippen molar-refractivity contribution in [1.82, 2.24) is 9.97 Å². The molecule has 2 aromatic heterocycles. The van der Waals surface area contributed by atoms with E-state index in [1.807, 2.05) is 18.2 Å². The van der Waals surface area contributed by atoms with E-state index in [9.17, 15) is 0 Å². The first kappa shape index (κ1) is 6.81. The van der Waals surface area contributed by atoms with Crippen molar-refractivity contribution < 1.29 is 0 Å². The molecule has 0 bridgehead atoms. The van der Waals surface area contributed by atoms with Gasteiger partial charge in [0.05, 0.1) is 11.7 Å². The average molecular weight is 154 g/mol. The summed E-state index contributed by atoms with van der Waals surface area (Å²) in [6, 6.07) is 5.67. The summed E-state index contributed by atoms with van der Waals surface area (Å²) >= 11 is 0. The normalized spacial score (nSPS) is 9.58. The Hall–Kier alpha value is -1.88. The maximum Gasteiger partial charge on any atom is 0.113 e. The minimum absolute atomic E-state index is 0.649. The number of rotatable bonds is 0. The third kappa shape index (κ3) is 1.02. The summed E-state index contributed by atoms with van der Waals surface area (Å²) < 4.78 is 0. The number of pyridine rings is 2. The zero-order valence-corrected chi connectivity index (χ0v) is 6.36. The van der Waals surface area contributed by atoms with Crippen LogP contribution < -0.4 is 0 Å². The van der Waals surface area contributed by atoms with Gasteiger partial charge in [-0.05, 0) is 18.2 Å². The summed E-state index contributed by atoms with van der Waals surface area (Å²) in [5.41, 5.74) is 1.49. The second kappa shape index (κ2) is 2.63. The standard InChI is InChI=1S/C10H6N2/c1-2-9-4-3-8-5-6-11-7-10(8)12-9/h1,3-7H. The third-order valence-electron chi connectivity index (χ3n) is 1.64. The van der Waals surface area contributed by atoms with Crippen molar-refractivity contribution in [2.75, 3.05) is 0 Å². The monoisotopic (exact) mass is 154 g/mol. The highest BCUT2D eigenvalue weighted by Crippen LogP contribution is 2.09. The van der Waals surface area contributed by atoms with E-state index in [4.69, 9.17) is 6.42 Å².